The number of hydrogen-bond donors (Lipinski definition) is 0. The maximum absolute atomic E-state index is 5.93. The summed E-state index contributed by atoms with van der Waals surface area (Å²) in [6.07, 6.45) is 5.44. The van der Waals surface area contributed by atoms with Gasteiger partial charge in [-0.3, -0.25) is 0 Å². The van der Waals surface area contributed by atoms with Crippen LogP contribution in [0.15, 0.2) is 0 Å². The van der Waals surface area contributed by atoms with Crippen LogP contribution in [0.3, 0.4) is 0 Å². The van der Waals surface area contributed by atoms with Crippen LogP contribution in [-0.2, 0) is 4.74 Å². The topological polar surface area (TPSA) is 12.5 Å². The fourth-order valence-electron chi connectivity index (χ4n) is 2.21. The van der Waals surface area contributed by atoms with Crippen LogP contribution in [0.4, 0.5) is 0 Å². The second-order valence-corrected chi connectivity index (χ2v) is 5.55. The van der Waals surface area contributed by atoms with Crippen LogP contribution in [0.25, 0.3) is 0 Å². The first kappa shape index (κ1) is 14.0. The van der Waals surface area contributed by atoms with Gasteiger partial charge in [-0.25, -0.2) is 0 Å². The van der Waals surface area contributed by atoms with Crippen molar-refractivity contribution in [3.63, 3.8) is 0 Å². The summed E-state index contributed by atoms with van der Waals surface area (Å²) < 4.78 is 5.93. The van der Waals surface area contributed by atoms with Crippen molar-refractivity contribution < 1.29 is 4.74 Å². The number of nitrogens with zero attached hydrogens (tertiary/aromatic N) is 1. The lowest BCUT2D eigenvalue weighted by Crippen LogP contribution is -2.42. The van der Waals surface area contributed by atoms with E-state index in [9.17, 15) is 0 Å². The molecule has 1 heterocycles. The number of piperidine rings is 1. The molecule has 0 radical (unpaired) electrons. The molecule has 0 N–H and O–H groups in total. The van der Waals surface area contributed by atoms with E-state index in [1.807, 2.05) is 0 Å². The SMILES string of the molecule is CCC(C)N1CCC(OCCC(C)C)CC1. The van der Waals surface area contributed by atoms with E-state index in [1.165, 1.54) is 38.8 Å². The third-order valence-corrected chi connectivity index (χ3v) is 3.74. The van der Waals surface area contributed by atoms with E-state index in [2.05, 4.69) is 32.6 Å². The summed E-state index contributed by atoms with van der Waals surface area (Å²) in [6, 6.07) is 0.747. The molecule has 0 aromatic rings. The third-order valence-electron chi connectivity index (χ3n) is 3.74. The Morgan fingerprint density at radius 3 is 2.31 bits per heavy atom. The van der Waals surface area contributed by atoms with Gasteiger partial charge in [0.05, 0.1) is 6.10 Å². The van der Waals surface area contributed by atoms with Gasteiger partial charge in [-0.1, -0.05) is 20.8 Å². The molecule has 1 unspecified atom stereocenters. The fraction of sp³-hybridized carbons (Fsp3) is 1.00. The minimum Gasteiger partial charge on any atom is -0.378 e. The van der Waals surface area contributed by atoms with Gasteiger partial charge in [0.2, 0.25) is 0 Å². The van der Waals surface area contributed by atoms with Crippen molar-refractivity contribution in [3.8, 4) is 0 Å². The molecule has 0 aliphatic carbocycles. The van der Waals surface area contributed by atoms with E-state index < -0.39 is 0 Å². The Morgan fingerprint density at radius 2 is 1.81 bits per heavy atom. The zero-order valence-electron chi connectivity index (χ0n) is 11.5. The molecule has 0 amide bonds. The molecule has 0 aromatic heterocycles. The Bertz CT molecular complexity index is 174. The summed E-state index contributed by atoms with van der Waals surface area (Å²) in [6.45, 7) is 12.5. The highest BCUT2D eigenvalue weighted by atomic mass is 16.5. The number of hydrogen-bond acceptors (Lipinski definition) is 2. The van der Waals surface area contributed by atoms with Crippen molar-refractivity contribution in [2.75, 3.05) is 19.7 Å². The molecule has 16 heavy (non-hydrogen) atoms. The van der Waals surface area contributed by atoms with Crippen molar-refractivity contribution in [1.29, 1.82) is 0 Å². The monoisotopic (exact) mass is 227 g/mol. The lowest BCUT2D eigenvalue weighted by molar-refractivity contribution is -0.00435. The first-order valence-corrected chi connectivity index (χ1v) is 6.99. The molecule has 1 atom stereocenters. The normalized spacial score (nSPS) is 21.6. The second kappa shape index (κ2) is 7.29. The summed E-state index contributed by atoms with van der Waals surface area (Å²) in [7, 11) is 0. The molecule has 1 rings (SSSR count). The quantitative estimate of drug-likeness (QED) is 0.690. The van der Waals surface area contributed by atoms with Gasteiger partial charge >= 0.3 is 0 Å². The van der Waals surface area contributed by atoms with Crippen LogP contribution in [0, 0.1) is 5.92 Å². The fourth-order valence-corrected chi connectivity index (χ4v) is 2.21. The zero-order valence-corrected chi connectivity index (χ0v) is 11.5. The molecule has 1 saturated heterocycles. The molecule has 1 fully saturated rings. The van der Waals surface area contributed by atoms with Gasteiger partial charge in [0.1, 0.15) is 0 Å². The predicted octanol–water partition coefficient (Wildman–Crippen LogP) is 3.31. The molecular formula is C14H29NO. The number of likely N-dealkylation sites (tertiary alicyclic amines) is 1. The van der Waals surface area contributed by atoms with E-state index in [1.54, 1.807) is 0 Å². The maximum Gasteiger partial charge on any atom is 0.0599 e. The summed E-state index contributed by atoms with van der Waals surface area (Å²) in [5.41, 5.74) is 0. The van der Waals surface area contributed by atoms with Crippen LogP contribution in [0.5, 0.6) is 0 Å². The van der Waals surface area contributed by atoms with Crippen LogP contribution < -0.4 is 0 Å². The summed E-state index contributed by atoms with van der Waals surface area (Å²) in [4.78, 5) is 2.60. The molecule has 1 aliphatic rings. The van der Waals surface area contributed by atoms with Gasteiger partial charge < -0.3 is 9.64 Å². The largest absolute Gasteiger partial charge is 0.378 e. The Hall–Kier alpha value is -0.0800. The van der Waals surface area contributed by atoms with Crippen LogP contribution in [0.2, 0.25) is 0 Å². The van der Waals surface area contributed by atoms with Gasteiger partial charge in [0.15, 0.2) is 0 Å². The molecule has 0 bridgehead atoms. The molecule has 0 aromatic carbocycles. The Balaban J connectivity index is 2.12. The molecule has 0 saturated carbocycles. The number of rotatable bonds is 6. The van der Waals surface area contributed by atoms with Crippen LogP contribution in [0.1, 0.15) is 53.4 Å². The molecule has 0 spiro atoms. The highest BCUT2D eigenvalue weighted by molar-refractivity contribution is 4.75. The highest BCUT2D eigenvalue weighted by Crippen LogP contribution is 2.17. The van der Waals surface area contributed by atoms with Crippen molar-refractivity contribution in [3.05, 3.63) is 0 Å². The van der Waals surface area contributed by atoms with Crippen LogP contribution >= 0.6 is 0 Å². The maximum atomic E-state index is 5.93. The first-order valence-electron chi connectivity index (χ1n) is 6.99. The standard InChI is InChI=1S/C14H29NO/c1-5-13(4)15-9-6-14(7-10-15)16-11-8-12(2)3/h12-14H,5-11H2,1-4H3. The van der Waals surface area contributed by atoms with Crippen molar-refractivity contribution in [2.45, 2.75) is 65.5 Å². The highest BCUT2D eigenvalue weighted by Gasteiger charge is 2.21. The minimum atomic E-state index is 0.527. The van der Waals surface area contributed by atoms with E-state index in [4.69, 9.17) is 4.74 Å². The Labute approximate surface area is 101 Å². The summed E-state index contributed by atoms with van der Waals surface area (Å²) in [5, 5.41) is 0. The van der Waals surface area contributed by atoms with Crippen molar-refractivity contribution in [2.24, 2.45) is 5.92 Å². The van der Waals surface area contributed by atoms with E-state index >= 15 is 0 Å². The lowest BCUT2D eigenvalue weighted by Gasteiger charge is -2.35. The Morgan fingerprint density at radius 1 is 1.19 bits per heavy atom. The van der Waals surface area contributed by atoms with E-state index in [0.717, 1.165) is 18.6 Å². The van der Waals surface area contributed by atoms with Gasteiger partial charge in [0, 0.05) is 25.7 Å². The van der Waals surface area contributed by atoms with E-state index in [-0.39, 0.29) is 0 Å². The zero-order chi connectivity index (χ0) is 12.0. The minimum absolute atomic E-state index is 0.527. The molecule has 2 heteroatoms. The van der Waals surface area contributed by atoms with Gasteiger partial charge in [-0.05, 0) is 38.5 Å². The van der Waals surface area contributed by atoms with Crippen molar-refractivity contribution >= 4 is 0 Å². The average Bonchev–Trinajstić information content (AvgIpc) is 2.28. The molecule has 96 valence electrons. The predicted molar refractivity (Wildman–Crippen MR) is 69.8 cm³/mol. The molecule has 2 nitrogen and oxygen atoms in total. The van der Waals surface area contributed by atoms with Crippen molar-refractivity contribution in [1.82, 2.24) is 4.90 Å². The smallest absolute Gasteiger partial charge is 0.0599 e. The average molecular weight is 227 g/mol. The van der Waals surface area contributed by atoms with Gasteiger partial charge in [-0.2, -0.15) is 0 Å². The van der Waals surface area contributed by atoms with Crippen LogP contribution in [-0.4, -0.2) is 36.7 Å². The third kappa shape index (κ3) is 4.84. The lowest BCUT2D eigenvalue weighted by atomic mass is 10.0. The summed E-state index contributed by atoms with van der Waals surface area (Å²) >= 11 is 0. The first-order chi connectivity index (χ1) is 7.63. The number of ether oxygens (including phenoxy) is 1. The van der Waals surface area contributed by atoms with Gasteiger partial charge in [0.25, 0.3) is 0 Å². The molecule has 1 aliphatic heterocycles. The summed E-state index contributed by atoms with van der Waals surface area (Å²) in [5.74, 6) is 0.764. The van der Waals surface area contributed by atoms with E-state index in [0.29, 0.717) is 6.10 Å². The second-order valence-electron chi connectivity index (χ2n) is 5.55. The molecular weight excluding hydrogens is 198 g/mol. The van der Waals surface area contributed by atoms with Gasteiger partial charge in [-0.15, -0.1) is 0 Å². The Kier molecular flexibility index (Phi) is 6.37.